The Bertz CT molecular complexity index is 217. The van der Waals surface area contributed by atoms with Crippen LogP contribution in [0.25, 0.3) is 0 Å². The topological polar surface area (TPSA) is 43.4 Å². The molecule has 0 bridgehead atoms. The van der Waals surface area contributed by atoms with Gasteiger partial charge in [0.2, 0.25) is 0 Å². The minimum atomic E-state index is -0.131. The van der Waals surface area contributed by atoms with Crippen molar-refractivity contribution in [3.05, 3.63) is 0 Å². The Hall–Kier alpha value is -0.380. The van der Waals surface area contributed by atoms with E-state index in [1.54, 1.807) is 6.92 Å². The third-order valence-electron chi connectivity index (χ3n) is 2.45. The molecule has 3 nitrogen and oxygen atoms in total. The number of unbranched alkanes of at least 4 members (excludes halogenated alkanes) is 4. The molecule has 0 fully saturated rings. The summed E-state index contributed by atoms with van der Waals surface area (Å²) in [5.41, 5.74) is 0. The lowest BCUT2D eigenvalue weighted by Crippen LogP contribution is -2.06. The van der Waals surface area contributed by atoms with Crippen LogP contribution in [-0.2, 0) is 14.3 Å². The van der Waals surface area contributed by atoms with Crippen LogP contribution in [0.5, 0.6) is 0 Å². The standard InChI is InChI=1S/C13H23BrO3/c1-12(15)8-4-5-9-13(16)17-11-7-3-2-6-10-14/h2-11H2,1H3. The van der Waals surface area contributed by atoms with Gasteiger partial charge in [0.25, 0.3) is 0 Å². The maximum absolute atomic E-state index is 11.3. The normalized spacial score (nSPS) is 10.2. The van der Waals surface area contributed by atoms with Crippen LogP contribution in [0, 0.1) is 0 Å². The fraction of sp³-hybridized carbons (Fsp3) is 0.846. The number of halogens is 1. The van der Waals surface area contributed by atoms with E-state index in [-0.39, 0.29) is 11.8 Å². The van der Waals surface area contributed by atoms with Gasteiger partial charge in [-0.05, 0) is 32.6 Å². The summed E-state index contributed by atoms with van der Waals surface area (Å²) < 4.78 is 5.09. The first-order valence-electron chi connectivity index (χ1n) is 6.38. The Morgan fingerprint density at radius 2 is 1.59 bits per heavy atom. The first-order chi connectivity index (χ1) is 8.16. The molecule has 0 saturated heterocycles. The second-order valence-corrected chi connectivity index (χ2v) is 5.03. The molecule has 0 amide bonds. The van der Waals surface area contributed by atoms with Gasteiger partial charge in [0.05, 0.1) is 6.61 Å². The molecule has 4 heteroatoms. The average molecular weight is 307 g/mol. The lowest BCUT2D eigenvalue weighted by molar-refractivity contribution is -0.144. The lowest BCUT2D eigenvalue weighted by Gasteiger charge is -2.04. The van der Waals surface area contributed by atoms with Gasteiger partial charge in [0, 0.05) is 18.2 Å². The fourth-order valence-corrected chi connectivity index (χ4v) is 1.85. The Labute approximate surface area is 112 Å². The molecular weight excluding hydrogens is 284 g/mol. The van der Waals surface area contributed by atoms with Gasteiger partial charge in [-0.25, -0.2) is 0 Å². The van der Waals surface area contributed by atoms with E-state index in [0.29, 0.717) is 19.4 Å². The number of hydrogen-bond donors (Lipinski definition) is 0. The summed E-state index contributed by atoms with van der Waals surface area (Å²) >= 11 is 3.38. The van der Waals surface area contributed by atoms with Crippen molar-refractivity contribution in [2.24, 2.45) is 0 Å². The highest BCUT2D eigenvalue weighted by molar-refractivity contribution is 9.09. The quantitative estimate of drug-likeness (QED) is 0.332. The second-order valence-electron chi connectivity index (χ2n) is 4.23. The second kappa shape index (κ2) is 12.1. The Kier molecular flexibility index (Phi) is 11.8. The van der Waals surface area contributed by atoms with Crippen LogP contribution in [0.4, 0.5) is 0 Å². The van der Waals surface area contributed by atoms with E-state index in [0.717, 1.165) is 31.0 Å². The van der Waals surface area contributed by atoms with Gasteiger partial charge in [0.15, 0.2) is 0 Å². The number of rotatable bonds is 11. The van der Waals surface area contributed by atoms with Gasteiger partial charge in [-0.1, -0.05) is 28.8 Å². The lowest BCUT2D eigenvalue weighted by atomic mass is 10.1. The van der Waals surface area contributed by atoms with E-state index in [4.69, 9.17) is 4.74 Å². The van der Waals surface area contributed by atoms with Crippen molar-refractivity contribution in [3.8, 4) is 0 Å². The van der Waals surface area contributed by atoms with Crippen molar-refractivity contribution in [2.45, 2.75) is 58.3 Å². The number of ether oxygens (including phenoxy) is 1. The van der Waals surface area contributed by atoms with E-state index in [1.807, 2.05) is 0 Å². The molecule has 0 N–H and O–H groups in total. The predicted octanol–water partition coefficient (Wildman–Crippen LogP) is 3.63. The highest BCUT2D eigenvalue weighted by Gasteiger charge is 2.02. The Morgan fingerprint density at radius 1 is 0.941 bits per heavy atom. The van der Waals surface area contributed by atoms with Crippen molar-refractivity contribution in [2.75, 3.05) is 11.9 Å². The van der Waals surface area contributed by atoms with Gasteiger partial charge in [0.1, 0.15) is 5.78 Å². The third kappa shape index (κ3) is 13.6. The highest BCUT2D eigenvalue weighted by Crippen LogP contribution is 2.04. The zero-order valence-electron chi connectivity index (χ0n) is 10.7. The molecule has 0 atom stereocenters. The molecule has 0 unspecified atom stereocenters. The zero-order valence-corrected chi connectivity index (χ0v) is 12.3. The van der Waals surface area contributed by atoms with E-state index < -0.39 is 0 Å². The molecule has 0 aliphatic heterocycles. The van der Waals surface area contributed by atoms with Crippen molar-refractivity contribution in [3.63, 3.8) is 0 Å². The largest absolute Gasteiger partial charge is 0.466 e. The van der Waals surface area contributed by atoms with Gasteiger partial charge in [-0.2, -0.15) is 0 Å². The van der Waals surface area contributed by atoms with Crippen LogP contribution in [0.1, 0.15) is 58.3 Å². The molecule has 0 aromatic rings. The number of carbonyl (C=O) groups excluding carboxylic acids is 2. The Balaban J connectivity index is 3.20. The molecule has 0 aromatic carbocycles. The first-order valence-corrected chi connectivity index (χ1v) is 7.50. The summed E-state index contributed by atoms with van der Waals surface area (Å²) in [4.78, 5) is 21.9. The van der Waals surface area contributed by atoms with Crippen LogP contribution < -0.4 is 0 Å². The molecule has 0 radical (unpaired) electrons. The molecule has 100 valence electrons. The molecular formula is C13H23BrO3. The number of carbonyl (C=O) groups is 2. The minimum absolute atomic E-state index is 0.131. The molecule has 0 saturated carbocycles. The van der Waals surface area contributed by atoms with Crippen LogP contribution in [0.15, 0.2) is 0 Å². The number of esters is 1. The number of ketones is 1. The summed E-state index contributed by atoms with van der Waals surface area (Å²) in [5, 5.41) is 1.04. The molecule has 0 rings (SSSR count). The van der Waals surface area contributed by atoms with Gasteiger partial charge < -0.3 is 9.53 Å². The zero-order chi connectivity index (χ0) is 12.9. The van der Waals surface area contributed by atoms with E-state index in [2.05, 4.69) is 15.9 Å². The van der Waals surface area contributed by atoms with Gasteiger partial charge >= 0.3 is 5.97 Å². The smallest absolute Gasteiger partial charge is 0.305 e. The van der Waals surface area contributed by atoms with Crippen LogP contribution in [0.3, 0.4) is 0 Å². The summed E-state index contributed by atoms with van der Waals surface area (Å²) in [6.07, 6.45) is 6.97. The Morgan fingerprint density at radius 3 is 2.24 bits per heavy atom. The minimum Gasteiger partial charge on any atom is -0.466 e. The maximum atomic E-state index is 11.3. The van der Waals surface area contributed by atoms with Crippen molar-refractivity contribution < 1.29 is 14.3 Å². The SMILES string of the molecule is CC(=O)CCCCC(=O)OCCCCCCBr. The van der Waals surface area contributed by atoms with Crippen molar-refractivity contribution in [1.29, 1.82) is 0 Å². The summed E-state index contributed by atoms with van der Waals surface area (Å²) in [6.45, 7) is 2.11. The van der Waals surface area contributed by atoms with E-state index in [1.165, 1.54) is 12.8 Å². The highest BCUT2D eigenvalue weighted by atomic mass is 79.9. The molecule has 0 heterocycles. The number of hydrogen-bond acceptors (Lipinski definition) is 3. The third-order valence-corrected chi connectivity index (χ3v) is 3.01. The predicted molar refractivity (Wildman–Crippen MR) is 72.4 cm³/mol. The molecule has 0 aliphatic carbocycles. The van der Waals surface area contributed by atoms with Crippen molar-refractivity contribution in [1.82, 2.24) is 0 Å². The number of Topliss-reactive ketones (excluding diaryl/α,β-unsaturated/α-hetero) is 1. The summed E-state index contributed by atoms with van der Waals surface area (Å²) in [7, 11) is 0. The van der Waals surface area contributed by atoms with Gasteiger partial charge in [-0.15, -0.1) is 0 Å². The van der Waals surface area contributed by atoms with E-state index in [9.17, 15) is 9.59 Å². The van der Waals surface area contributed by atoms with Crippen LogP contribution in [0.2, 0.25) is 0 Å². The van der Waals surface area contributed by atoms with Gasteiger partial charge in [-0.3, -0.25) is 4.79 Å². The monoisotopic (exact) mass is 306 g/mol. The molecule has 0 aliphatic rings. The molecule has 17 heavy (non-hydrogen) atoms. The van der Waals surface area contributed by atoms with E-state index >= 15 is 0 Å². The summed E-state index contributed by atoms with van der Waals surface area (Å²) in [5.74, 6) is 0.0548. The first kappa shape index (κ1) is 16.6. The average Bonchev–Trinajstić information content (AvgIpc) is 2.29. The number of alkyl halides is 1. The summed E-state index contributed by atoms with van der Waals surface area (Å²) in [6, 6.07) is 0. The van der Waals surface area contributed by atoms with Crippen LogP contribution in [-0.4, -0.2) is 23.7 Å². The fourth-order valence-electron chi connectivity index (χ4n) is 1.45. The molecule has 0 aromatic heterocycles. The maximum Gasteiger partial charge on any atom is 0.305 e. The van der Waals surface area contributed by atoms with Crippen LogP contribution >= 0.6 is 15.9 Å². The molecule has 0 spiro atoms. The van der Waals surface area contributed by atoms with Crippen molar-refractivity contribution >= 4 is 27.7 Å².